The van der Waals surface area contributed by atoms with Gasteiger partial charge >= 0.3 is 12.0 Å². The van der Waals surface area contributed by atoms with Gasteiger partial charge in [-0.2, -0.15) is 0 Å². The van der Waals surface area contributed by atoms with E-state index < -0.39 is 5.97 Å². The Morgan fingerprint density at radius 1 is 1.30 bits per heavy atom. The zero-order chi connectivity index (χ0) is 14.9. The summed E-state index contributed by atoms with van der Waals surface area (Å²) in [5, 5.41) is 18.1. The maximum atomic E-state index is 12.5. The van der Waals surface area contributed by atoms with Crippen LogP contribution in [0.25, 0.3) is 0 Å². The van der Waals surface area contributed by atoms with Crippen LogP contribution in [0.4, 0.5) is 4.79 Å². The van der Waals surface area contributed by atoms with E-state index in [0.29, 0.717) is 0 Å². The number of carbonyl (C=O) groups is 2. The molecule has 0 aromatic carbocycles. The van der Waals surface area contributed by atoms with Crippen molar-refractivity contribution >= 4 is 12.0 Å². The Balaban J connectivity index is 2.02. The van der Waals surface area contributed by atoms with E-state index in [1.807, 2.05) is 11.8 Å². The molecule has 114 valence electrons. The maximum absolute atomic E-state index is 12.5. The fourth-order valence-electron chi connectivity index (χ4n) is 3.51. The minimum Gasteiger partial charge on any atom is -0.481 e. The Morgan fingerprint density at radius 2 is 1.85 bits per heavy atom. The molecule has 0 saturated carbocycles. The smallest absolute Gasteiger partial charge is 0.320 e. The van der Waals surface area contributed by atoms with Crippen LogP contribution < -0.4 is 0 Å². The molecule has 3 atom stereocenters. The molecular weight excluding hydrogens is 260 g/mol. The molecule has 6 heteroatoms. The summed E-state index contributed by atoms with van der Waals surface area (Å²) in [6.45, 7) is 1.77. The molecular formula is C14H24N2O4. The highest BCUT2D eigenvalue weighted by Gasteiger charge is 2.44. The van der Waals surface area contributed by atoms with Crippen molar-refractivity contribution in [3.8, 4) is 0 Å². The molecule has 2 heterocycles. The number of urea groups is 1. The zero-order valence-corrected chi connectivity index (χ0v) is 12.2. The van der Waals surface area contributed by atoms with Crippen LogP contribution in [0.3, 0.4) is 0 Å². The molecule has 2 amide bonds. The van der Waals surface area contributed by atoms with Gasteiger partial charge in [0.25, 0.3) is 0 Å². The van der Waals surface area contributed by atoms with Crippen LogP contribution in [0, 0.1) is 5.92 Å². The number of amides is 2. The molecule has 0 aromatic heterocycles. The van der Waals surface area contributed by atoms with Crippen LogP contribution in [0.15, 0.2) is 0 Å². The van der Waals surface area contributed by atoms with E-state index in [0.717, 1.165) is 25.7 Å². The SMILES string of the molecule is CC(CO)N(C)C(=O)N1C2CCC1CC(CC(=O)O)C2. The first-order valence-electron chi connectivity index (χ1n) is 7.31. The highest BCUT2D eigenvalue weighted by atomic mass is 16.4. The van der Waals surface area contributed by atoms with Gasteiger partial charge in [0.05, 0.1) is 12.6 Å². The molecule has 2 saturated heterocycles. The number of aliphatic hydroxyl groups excluding tert-OH is 1. The summed E-state index contributed by atoms with van der Waals surface area (Å²) in [6.07, 6.45) is 3.71. The fraction of sp³-hybridized carbons (Fsp3) is 0.857. The summed E-state index contributed by atoms with van der Waals surface area (Å²) in [6, 6.07) is 0.101. The number of hydrogen-bond acceptors (Lipinski definition) is 3. The van der Waals surface area contributed by atoms with E-state index in [2.05, 4.69) is 0 Å². The minimum atomic E-state index is -0.750. The normalized spacial score (nSPS) is 30.1. The number of hydrogen-bond donors (Lipinski definition) is 2. The Kier molecular flexibility index (Phi) is 4.52. The van der Waals surface area contributed by atoms with Crippen LogP contribution in [0.5, 0.6) is 0 Å². The predicted molar refractivity (Wildman–Crippen MR) is 73.3 cm³/mol. The molecule has 2 fully saturated rings. The fourth-order valence-corrected chi connectivity index (χ4v) is 3.51. The second-order valence-electron chi connectivity index (χ2n) is 6.15. The largest absolute Gasteiger partial charge is 0.481 e. The Labute approximate surface area is 119 Å². The second kappa shape index (κ2) is 5.99. The third-order valence-corrected chi connectivity index (χ3v) is 4.74. The summed E-state index contributed by atoms with van der Waals surface area (Å²) in [7, 11) is 1.71. The van der Waals surface area contributed by atoms with Gasteiger partial charge in [-0.1, -0.05) is 0 Å². The van der Waals surface area contributed by atoms with Gasteiger partial charge in [-0.05, 0) is 38.5 Å². The minimum absolute atomic E-state index is 0.0344. The van der Waals surface area contributed by atoms with Gasteiger partial charge in [0, 0.05) is 25.6 Å². The monoisotopic (exact) mass is 284 g/mol. The van der Waals surface area contributed by atoms with Gasteiger partial charge in [-0.25, -0.2) is 4.79 Å². The third-order valence-electron chi connectivity index (χ3n) is 4.74. The topological polar surface area (TPSA) is 81.1 Å². The lowest BCUT2D eigenvalue weighted by Gasteiger charge is -2.41. The number of aliphatic carboxylic acids is 1. The summed E-state index contributed by atoms with van der Waals surface area (Å²) in [5.41, 5.74) is 0. The summed E-state index contributed by atoms with van der Waals surface area (Å²) in [4.78, 5) is 26.9. The number of aliphatic hydroxyl groups is 1. The average molecular weight is 284 g/mol. The van der Waals surface area contributed by atoms with E-state index in [-0.39, 0.29) is 43.1 Å². The van der Waals surface area contributed by atoms with E-state index >= 15 is 0 Å². The van der Waals surface area contributed by atoms with Crippen LogP contribution >= 0.6 is 0 Å². The Morgan fingerprint density at radius 3 is 2.30 bits per heavy atom. The molecule has 2 aliphatic rings. The number of carboxylic acids is 1. The van der Waals surface area contributed by atoms with Gasteiger partial charge in [-0.15, -0.1) is 0 Å². The van der Waals surface area contributed by atoms with Gasteiger partial charge < -0.3 is 20.0 Å². The highest BCUT2D eigenvalue weighted by molar-refractivity contribution is 5.76. The Bertz CT molecular complexity index is 373. The molecule has 2 N–H and O–H groups in total. The van der Waals surface area contributed by atoms with Gasteiger partial charge in [0.2, 0.25) is 0 Å². The molecule has 2 aliphatic heterocycles. The molecule has 2 rings (SSSR count). The van der Waals surface area contributed by atoms with E-state index in [9.17, 15) is 9.59 Å². The Hall–Kier alpha value is -1.30. The van der Waals surface area contributed by atoms with Crippen LogP contribution in [0.2, 0.25) is 0 Å². The maximum Gasteiger partial charge on any atom is 0.320 e. The quantitative estimate of drug-likeness (QED) is 0.811. The molecule has 3 unspecified atom stereocenters. The number of carbonyl (C=O) groups excluding carboxylic acids is 1. The molecule has 6 nitrogen and oxygen atoms in total. The van der Waals surface area contributed by atoms with Crippen molar-refractivity contribution in [2.24, 2.45) is 5.92 Å². The number of piperidine rings is 1. The average Bonchev–Trinajstić information content (AvgIpc) is 2.67. The number of rotatable bonds is 4. The number of carboxylic acid groups (broad SMARTS) is 1. The van der Waals surface area contributed by atoms with Gasteiger partial charge in [0.1, 0.15) is 0 Å². The first kappa shape index (κ1) is 15.1. The molecule has 0 radical (unpaired) electrons. The van der Waals surface area contributed by atoms with Crippen molar-refractivity contribution in [2.45, 2.75) is 57.2 Å². The zero-order valence-electron chi connectivity index (χ0n) is 12.2. The second-order valence-corrected chi connectivity index (χ2v) is 6.15. The number of fused-ring (bicyclic) bond motifs is 2. The first-order valence-corrected chi connectivity index (χ1v) is 7.31. The molecule has 2 bridgehead atoms. The number of nitrogens with zero attached hydrogens (tertiary/aromatic N) is 2. The highest BCUT2D eigenvalue weighted by Crippen LogP contribution is 2.40. The van der Waals surface area contributed by atoms with Crippen molar-refractivity contribution in [3.63, 3.8) is 0 Å². The predicted octanol–water partition coefficient (Wildman–Crippen LogP) is 1.14. The molecule has 0 spiro atoms. The summed E-state index contributed by atoms with van der Waals surface area (Å²) in [5.74, 6) is -0.560. The summed E-state index contributed by atoms with van der Waals surface area (Å²) < 4.78 is 0. The van der Waals surface area contributed by atoms with Crippen LogP contribution in [0.1, 0.15) is 39.0 Å². The standard InChI is InChI=1S/C14H24N2O4/c1-9(8-17)15(2)14(20)16-11-3-4-12(16)6-10(5-11)7-13(18)19/h9-12,17H,3-8H2,1-2H3,(H,18,19). The lowest BCUT2D eigenvalue weighted by Crippen LogP contribution is -2.53. The van der Waals surface area contributed by atoms with Crippen molar-refractivity contribution < 1.29 is 19.8 Å². The molecule has 20 heavy (non-hydrogen) atoms. The lowest BCUT2D eigenvalue weighted by molar-refractivity contribution is -0.138. The van der Waals surface area contributed by atoms with Crippen molar-refractivity contribution in [2.75, 3.05) is 13.7 Å². The number of likely N-dealkylation sites (N-methyl/N-ethyl adjacent to an activating group) is 1. The first-order chi connectivity index (χ1) is 9.43. The van der Waals surface area contributed by atoms with Crippen molar-refractivity contribution in [1.29, 1.82) is 0 Å². The van der Waals surface area contributed by atoms with Gasteiger partial charge in [0.15, 0.2) is 0 Å². The van der Waals surface area contributed by atoms with E-state index in [1.54, 1.807) is 11.9 Å². The summed E-state index contributed by atoms with van der Waals surface area (Å²) >= 11 is 0. The van der Waals surface area contributed by atoms with E-state index in [4.69, 9.17) is 10.2 Å². The van der Waals surface area contributed by atoms with Crippen molar-refractivity contribution in [1.82, 2.24) is 9.80 Å². The molecule has 0 aliphatic carbocycles. The lowest BCUT2D eigenvalue weighted by atomic mass is 9.88. The van der Waals surface area contributed by atoms with Crippen LogP contribution in [-0.4, -0.2) is 63.8 Å². The van der Waals surface area contributed by atoms with Crippen LogP contribution in [-0.2, 0) is 4.79 Å². The third kappa shape index (κ3) is 2.90. The van der Waals surface area contributed by atoms with Crippen molar-refractivity contribution in [3.05, 3.63) is 0 Å². The van der Waals surface area contributed by atoms with E-state index in [1.165, 1.54) is 0 Å². The van der Waals surface area contributed by atoms with Gasteiger partial charge in [-0.3, -0.25) is 4.79 Å². The molecule has 0 aromatic rings.